The van der Waals surface area contributed by atoms with Gasteiger partial charge in [-0.05, 0) is 44.9 Å². The van der Waals surface area contributed by atoms with Gasteiger partial charge < -0.3 is 10.2 Å². The fourth-order valence-electron chi connectivity index (χ4n) is 3.49. The molecule has 98 valence electrons. The van der Waals surface area contributed by atoms with Crippen molar-refractivity contribution in [2.24, 2.45) is 0 Å². The Morgan fingerprint density at radius 1 is 1.06 bits per heavy atom. The number of hydrogen-bond donors (Lipinski definition) is 1. The number of nitrogens with one attached hydrogen (secondary N) is 1. The number of rotatable bonds is 1. The minimum atomic E-state index is 0.404. The van der Waals surface area contributed by atoms with E-state index in [1.165, 1.54) is 63.0 Å². The summed E-state index contributed by atoms with van der Waals surface area (Å²) >= 11 is 0. The third-order valence-corrected chi connectivity index (χ3v) is 4.56. The highest BCUT2D eigenvalue weighted by molar-refractivity contribution is 5.48. The summed E-state index contributed by atoms with van der Waals surface area (Å²) < 4.78 is 0. The summed E-state index contributed by atoms with van der Waals surface area (Å²) in [6.07, 6.45) is 6.77. The molecular formula is C16H24N2. The normalized spacial score (nSPS) is 23.3. The van der Waals surface area contributed by atoms with E-state index in [-0.39, 0.29) is 0 Å². The minimum Gasteiger partial charge on any atom is -0.370 e. The lowest BCUT2D eigenvalue weighted by Crippen LogP contribution is -2.49. The van der Waals surface area contributed by atoms with E-state index >= 15 is 0 Å². The molecule has 1 saturated heterocycles. The molecular weight excluding hydrogens is 220 g/mol. The average Bonchev–Trinajstić information content (AvgIpc) is 2.72. The van der Waals surface area contributed by atoms with Crippen LogP contribution in [-0.4, -0.2) is 25.2 Å². The molecule has 0 radical (unpaired) electrons. The zero-order chi connectivity index (χ0) is 12.4. The second kappa shape index (κ2) is 4.93. The SMILES string of the molecule is Cc1ccc(N2CCCNC3(CCCC3)C2)cc1. The van der Waals surface area contributed by atoms with Crippen LogP contribution in [0.3, 0.4) is 0 Å². The molecule has 0 aromatic heterocycles. The van der Waals surface area contributed by atoms with E-state index in [4.69, 9.17) is 0 Å². The molecule has 0 bridgehead atoms. The first-order valence-corrected chi connectivity index (χ1v) is 7.34. The third kappa shape index (κ3) is 2.39. The van der Waals surface area contributed by atoms with Crippen LogP contribution in [0.2, 0.25) is 0 Å². The summed E-state index contributed by atoms with van der Waals surface area (Å²) in [5.74, 6) is 0. The molecule has 1 saturated carbocycles. The Hall–Kier alpha value is -1.02. The van der Waals surface area contributed by atoms with Crippen molar-refractivity contribution in [1.82, 2.24) is 5.32 Å². The quantitative estimate of drug-likeness (QED) is 0.816. The Bertz CT molecular complexity index is 390. The highest BCUT2D eigenvalue weighted by Crippen LogP contribution is 2.33. The van der Waals surface area contributed by atoms with Crippen molar-refractivity contribution < 1.29 is 0 Å². The van der Waals surface area contributed by atoms with Crippen LogP contribution in [0.4, 0.5) is 5.69 Å². The molecule has 2 nitrogen and oxygen atoms in total. The summed E-state index contributed by atoms with van der Waals surface area (Å²) in [5, 5.41) is 3.83. The predicted octanol–water partition coefficient (Wildman–Crippen LogP) is 3.11. The van der Waals surface area contributed by atoms with Gasteiger partial charge in [-0.25, -0.2) is 0 Å². The number of nitrogens with zero attached hydrogens (tertiary/aromatic N) is 1. The van der Waals surface area contributed by atoms with E-state index in [2.05, 4.69) is 41.4 Å². The van der Waals surface area contributed by atoms with Gasteiger partial charge in [0.25, 0.3) is 0 Å². The van der Waals surface area contributed by atoms with Gasteiger partial charge in [-0.3, -0.25) is 0 Å². The van der Waals surface area contributed by atoms with Crippen LogP contribution in [0, 0.1) is 6.92 Å². The van der Waals surface area contributed by atoms with Gasteiger partial charge in [0, 0.05) is 24.3 Å². The fourth-order valence-corrected chi connectivity index (χ4v) is 3.49. The average molecular weight is 244 g/mol. The second-order valence-corrected chi connectivity index (χ2v) is 6.02. The fraction of sp³-hybridized carbons (Fsp3) is 0.625. The maximum Gasteiger partial charge on any atom is 0.0367 e. The first-order chi connectivity index (χ1) is 8.77. The number of benzene rings is 1. The monoisotopic (exact) mass is 244 g/mol. The molecule has 0 atom stereocenters. The Morgan fingerprint density at radius 3 is 2.50 bits per heavy atom. The summed E-state index contributed by atoms with van der Waals surface area (Å²) in [6, 6.07) is 9.02. The molecule has 2 heteroatoms. The molecule has 3 rings (SSSR count). The molecule has 1 aromatic carbocycles. The number of anilines is 1. The highest BCUT2D eigenvalue weighted by atomic mass is 15.2. The standard InChI is InChI=1S/C16H24N2/c1-14-5-7-15(8-6-14)18-12-4-11-17-16(13-18)9-2-3-10-16/h5-8,17H,2-4,9-13H2,1H3. The molecule has 2 aliphatic rings. The summed E-state index contributed by atoms with van der Waals surface area (Å²) in [7, 11) is 0. The molecule has 0 amide bonds. The van der Waals surface area contributed by atoms with Crippen LogP contribution in [-0.2, 0) is 0 Å². The van der Waals surface area contributed by atoms with Gasteiger partial charge in [0.2, 0.25) is 0 Å². The number of hydrogen-bond acceptors (Lipinski definition) is 2. The van der Waals surface area contributed by atoms with E-state index < -0.39 is 0 Å². The summed E-state index contributed by atoms with van der Waals surface area (Å²) in [6.45, 7) is 5.72. The predicted molar refractivity (Wildman–Crippen MR) is 77.2 cm³/mol. The molecule has 18 heavy (non-hydrogen) atoms. The maximum atomic E-state index is 3.83. The van der Waals surface area contributed by atoms with E-state index in [1.807, 2.05) is 0 Å². The molecule has 2 fully saturated rings. The van der Waals surface area contributed by atoms with Gasteiger partial charge in [0.15, 0.2) is 0 Å². The van der Waals surface area contributed by atoms with Gasteiger partial charge >= 0.3 is 0 Å². The van der Waals surface area contributed by atoms with Crippen molar-refractivity contribution in [3.63, 3.8) is 0 Å². The van der Waals surface area contributed by atoms with Crippen LogP contribution in [0.1, 0.15) is 37.7 Å². The van der Waals surface area contributed by atoms with Gasteiger partial charge in [-0.1, -0.05) is 30.5 Å². The summed E-state index contributed by atoms with van der Waals surface area (Å²) in [5.41, 5.74) is 3.15. The van der Waals surface area contributed by atoms with Crippen LogP contribution in [0.25, 0.3) is 0 Å². The lowest BCUT2D eigenvalue weighted by molar-refractivity contribution is 0.354. The van der Waals surface area contributed by atoms with Crippen LogP contribution >= 0.6 is 0 Å². The first kappa shape index (κ1) is 12.0. The highest BCUT2D eigenvalue weighted by Gasteiger charge is 2.36. The lowest BCUT2D eigenvalue weighted by Gasteiger charge is -2.34. The van der Waals surface area contributed by atoms with Crippen molar-refractivity contribution in [1.29, 1.82) is 0 Å². The van der Waals surface area contributed by atoms with Gasteiger partial charge in [0.1, 0.15) is 0 Å². The molecule has 1 heterocycles. The molecule has 1 aliphatic heterocycles. The molecule has 1 N–H and O–H groups in total. The minimum absolute atomic E-state index is 0.404. The topological polar surface area (TPSA) is 15.3 Å². The molecule has 0 unspecified atom stereocenters. The van der Waals surface area contributed by atoms with Gasteiger partial charge in [0.05, 0.1) is 0 Å². The molecule has 1 aliphatic carbocycles. The van der Waals surface area contributed by atoms with Crippen molar-refractivity contribution in [2.75, 3.05) is 24.5 Å². The third-order valence-electron chi connectivity index (χ3n) is 4.56. The van der Waals surface area contributed by atoms with E-state index in [9.17, 15) is 0 Å². The second-order valence-electron chi connectivity index (χ2n) is 6.02. The Labute approximate surface area is 110 Å². The van der Waals surface area contributed by atoms with Gasteiger partial charge in [-0.2, -0.15) is 0 Å². The Kier molecular flexibility index (Phi) is 3.29. The van der Waals surface area contributed by atoms with Crippen molar-refractivity contribution in [3.05, 3.63) is 29.8 Å². The maximum absolute atomic E-state index is 3.83. The Balaban J connectivity index is 1.80. The zero-order valence-electron chi connectivity index (χ0n) is 11.4. The lowest BCUT2D eigenvalue weighted by atomic mass is 9.97. The zero-order valence-corrected chi connectivity index (χ0v) is 11.4. The van der Waals surface area contributed by atoms with Crippen molar-refractivity contribution >= 4 is 5.69 Å². The Morgan fingerprint density at radius 2 is 1.78 bits per heavy atom. The summed E-state index contributed by atoms with van der Waals surface area (Å²) in [4.78, 5) is 2.59. The smallest absolute Gasteiger partial charge is 0.0367 e. The largest absolute Gasteiger partial charge is 0.370 e. The van der Waals surface area contributed by atoms with Crippen LogP contribution < -0.4 is 10.2 Å². The van der Waals surface area contributed by atoms with E-state index in [1.54, 1.807) is 0 Å². The van der Waals surface area contributed by atoms with Crippen LogP contribution in [0.15, 0.2) is 24.3 Å². The molecule has 1 aromatic rings. The van der Waals surface area contributed by atoms with Crippen molar-refractivity contribution in [2.45, 2.75) is 44.6 Å². The first-order valence-electron chi connectivity index (χ1n) is 7.34. The van der Waals surface area contributed by atoms with E-state index in [0.29, 0.717) is 5.54 Å². The van der Waals surface area contributed by atoms with E-state index in [0.717, 1.165) is 0 Å². The van der Waals surface area contributed by atoms with Crippen molar-refractivity contribution in [3.8, 4) is 0 Å². The van der Waals surface area contributed by atoms with Crippen LogP contribution in [0.5, 0.6) is 0 Å². The number of aryl methyl sites for hydroxylation is 1. The van der Waals surface area contributed by atoms with Gasteiger partial charge in [-0.15, -0.1) is 0 Å². The molecule has 1 spiro atoms.